The van der Waals surface area contributed by atoms with Gasteiger partial charge in [0.15, 0.2) is 11.6 Å². The first-order valence-electron chi connectivity index (χ1n) is 6.30. The van der Waals surface area contributed by atoms with Gasteiger partial charge < -0.3 is 14.2 Å². The number of benzene rings is 1. The molecular weight excluding hydrogens is 291 g/mol. The van der Waals surface area contributed by atoms with Crippen LogP contribution in [0.2, 0.25) is 0 Å². The average molecular weight is 304 g/mol. The van der Waals surface area contributed by atoms with Crippen LogP contribution in [0.5, 0.6) is 5.75 Å². The van der Waals surface area contributed by atoms with Gasteiger partial charge in [-0.25, -0.2) is 14.0 Å². The van der Waals surface area contributed by atoms with Crippen LogP contribution in [0.15, 0.2) is 17.7 Å². The molecule has 0 radical (unpaired) electrons. The van der Waals surface area contributed by atoms with Gasteiger partial charge in [-0.3, -0.25) is 0 Å². The number of cyclic esters (lactones) is 2. The molecule has 0 aliphatic carbocycles. The molecule has 0 N–H and O–H groups in total. The summed E-state index contributed by atoms with van der Waals surface area (Å²) in [6, 6.07) is 2.50. The standard InChI is InChI=1S/C16H13FO5/c1-5-10-6-9(8-12(17)13(10)20-4)7-11-14(18)21-16(2,3)22-15(11)19/h1,6-8H,2-4H3. The smallest absolute Gasteiger partial charge is 0.348 e. The Balaban J connectivity index is 2.46. The summed E-state index contributed by atoms with van der Waals surface area (Å²) in [5, 5.41) is 0. The van der Waals surface area contributed by atoms with E-state index in [-0.39, 0.29) is 22.4 Å². The van der Waals surface area contributed by atoms with Crippen molar-refractivity contribution in [3.05, 3.63) is 34.6 Å². The quantitative estimate of drug-likeness (QED) is 0.362. The third-order valence-electron chi connectivity index (χ3n) is 2.85. The predicted molar refractivity (Wildman–Crippen MR) is 75.1 cm³/mol. The molecular formula is C16H13FO5. The summed E-state index contributed by atoms with van der Waals surface area (Å²) in [5.74, 6) is -1.54. The van der Waals surface area contributed by atoms with Gasteiger partial charge in [0.25, 0.3) is 5.79 Å². The van der Waals surface area contributed by atoms with Gasteiger partial charge in [0.2, 0.25) is 0 Å². The molecule has 1 aliphatic heterocycles. The zero-order valence-corrected chi connectivity index (χ0v) is 12.2. The molecule has 1 aromatic carbocycles. The number of carbonyl (C=O) groups excluding carboxylic acids is 2. The molecule has 114 valence electrons. The lowest BCUT2D eigenvalue weighted by molar-refractivity contribution is -0.222. The number of hydrogen-bond donors (Lipinski definition) is 0. The summed E-state index contributed by atoms with van der Waals surface area (Å²) in [5.41, 5.74) is 0.0361. The second-order valence-corrected chi connectivity index (χ2v) is 4.96. The largest absolute Gasteiger partial charge is 0.492 e. The Hall–Kier alpha value is -2.81. The maximum absolute atomic E-state index is 13.9. The topological polar surface area (TPSA) is 61.8 Å². The molecule has 2 rings (SSSR count). The number of ether oxygens (including phenoxy) is 3. The van der Waals surface area contributed by atoms with Crippen molar-refractivity contribution in [3.8, 4) is 18.1 Å². The van der Waals surface area contributed by atoms with Crippen molar-refractivity contribution in [3.63, 3.8) is 0 Å². The zero-order valence-electron chi connectivity index (χ0n) is 12.2. The molecule has 1 fully saturated rings. The molecule has 0 bridgehead atoms. The lowest BCUT2D eigenvalue weighted by atomic mass is 10.1. The molecule has 1 aromatic rings. The van der Waals surface area contributed by atoms with E-state index < -0.39 is 23.5 Å². The van der Waals surface area contributed by atoms with E-state index in [0.29, 0.717) is 0 Å². The SMILES string of the molecule is C#Cc1cc(C=C2C(=O)OC(C)(C)OC2=O)cc(F)c1OC. The Morgan fingerprint density at radius 2 is 1.86 bits per heavy atom. The minimum absolute atomic E-state index is 0.0837. The molecule has 0 atom stereocenters. The summed E-state index contributed by atoms with van der Waals surface area (Å²) >= 11 is 0. The molecule has 0 amide bonds. The molecule has 1 aliphatic rings. The molecule has 0 saturated carbocycles. The Morgan fingerprint density at radius 1 is 1.27 bits per heavy atom. The molecule has 0 unspecified atom stereocenters. The van der Waals surface area contributed by atoms with Gasteiger partial charge >= 0.3 is 11.9 Å². The summed E-state index contributed by atoms with van der Waals surface area (Å²) in [6.07, 6.45) is 6.44. The van der Waals surface area contributed by atoms with E-state index in [0.717, 1.165) is 12.1 Å². The first kappa shape index (κ1) is 15.6. The van der Waals surface area contributed by atoms with Crippen LogP contribution in [0.4, 0.5) is 4.39 Å². The lowest BCUT2D eigenvalue weighted by Gasteiger charge is -2.29. The fourth-order valence-corrected chi connectivity index (χ4v) is 1.96. The van der Waals surface area contributed by atoms with Crippen LogP contribution in [0.3, 0.4) is 0 Å². The summed E-state index contributed by atoms with van der Waals surface area (Å²) < 4.78 is 28.7. The van der Waals surface area contributed by atoms with E-state index in [1.807, 2.05) is 0 Å². The van der Waals surface area contributed by atoms with Gasteiger partial charge in [-0.15, -0.1) is 6.42 Å². The summed E-state index contributed by atoms with van der Waals surface area (Å²) in [7, 11) is 1.29. The van der Waals surface area contributed by atoms with Crippen molar-refractivity contribution in [2.24, 2.45) is 0 Å². The molecule has 0 aromatic heterocycles. The monoisotopic (exact) mass is 304 g/mol. The van der Waals surface area contributed by atoms with Crippen molar-refractivity contribution < 1.29 is 28.2 Å². The van der Waals surface area contributed by atoms with Crippen molar-refractivity contribution >= 4 is 18.0 Å². The Kier molecular flexibility index (Phi) is 3.91. The molecule has 22 heavy (non-hydrogen) atoms. The Bertz CT molecular complexity index is 703. The van der Waals surface area contributed by atoms with E-state index in [1.165, 1.54) is 27.0 Å². The van der Waals surface area contributed by atoms with Crippen molar-refractivity contribution in [1.82, 2.24) is 0 Å². The number of halogens is 1. The third kappa shape index (κ3) is 2.93. The Morgan fingerprint density at radius 3 is 2.36 bits per heavy atom. The first-order chi connectivity index (χ1) is 10.3. The summed E-state index contributed by atoms with van der Waals surface area (Å²) in [4.78, 5) is 23.7. The number of hydrogen-bond acceptors (Lipinski definition) is 5. The molecule has 5 nitrogen and oxygen atoms in total. The second kappa shape index (κ2) is 5.53. The highest BCUT2D eigenvalue weighted by atomic mass is 19.1. The number of methoxy groups -OCH3 is 1. The van der Waals surface area contributed by atoms with Crippen LogP contribution in [0.1, 0.15) is 25.0 Å². The predicted octanol–water partition coefficient (Wildman–Crippen LogP) is 2.04. The maximum Gasteiger partial charge on any atom is 0.348 e. The van der Waals surface area contributed by atoms with E-state index in [1.54, 1.807) is 0 Å². The fraction of sp³-hybridized carbons (Fsp3) is 0.250. The van der Waals surface area contributed by atoms with E-state index in [4.69, 9.17) is 20.6 Å². The van der Waals surface area contributed by atoms with E-state index >= 15 is 0 Å². The van der Waals surface area contributed by atoms with Crippen LogP contribution in [0.25, 0.3) is 6.08 Å². The van der Waals surface area contributed by atoms with E-state index in [9.17, 15) is 14.0 Å². The van der Waals surface area contributed by atoms with Crippen LogP contribution in [-0.2, 0) is 19.1 Å². The minimum atomic E-state index is -1.33. The third-order valence-corrected chi connectivity index (χ3v) is 2.85. The van der Waals surface area contributed by atoms with Gasteiger partial charge in [-0.1, -0.05) is 5.92 Å². The Labute approximate surface area is 126 Å². The molecule has 6 heteroatoms. The van der Waals surface area contributed by atoms with Gasteiger partial charge in [-0.2, -0.15) is 0 Å². The summed E-state index contributed by atoms with van der Waals surface area (Å²) in [6.45, 7) is 2.87. The number of carbonyl (C=O) groups is 2. The number of rotatable bonds is 2. The highest BCUT2D eigenvalue weighted by molar-refractivity contribution is 6.18. The van der Waals surface area contributed by atoms with Crippen LogP contribution >= 0.6 is 0 Å². The van der Waals surface area contributed by atoms with Crippen molar-refractivity contribution in [1.29, 1.82) is 0 Å². The lowest BCUT2D eigenvalue weighted by Crippen LogP contribution is -2.41. The fourth-order valence-electron chi connectivity index (χ4n) is 1.96. The van der Waals surface area contributed by atoms with Crippen LogP contribution in [-0.4, -0.2) is 24.8 Å². The average Bonchev–Trinajstić information content (AvgIpc) is 2.41. The van der Waals surface area contributed by atoms with Gasteiger partial charge in [-0.05, 0) is 23.8 Å². The van der Waals surface area contributed by atoms with E-state index in [2.05, 4.69) is 5.92 Å². The van der Waals surface area contributed by atoms with Gasteiger partial charge in [0.05, 0.1) is 12.7 Å². The molecule has 1 heterocycles. The maximum atomic E-state index is 13.9. The first-order valence-corrected chi connectivity index (χ1v) is 6.30. The highest BCUT2D eigenvalue weighted by Gasteiger charge is 2.38. The second-order valence-electron chi connectivity index (χ2n) is 4.96. The van der Waals surface area contributed by atoms with Gasteiger partial charge in [0.1, 0.15) is 5.57 Å². The van der Waals surface area contributed by atoms with Crippen LogP contribution in [0, 0.1) is 18.2 Å². The van der Waals surface area contributed by atoms with Crippen LogP contribution < -0.4 is 4.74 Å². The zero-order chi connectivity index (χ0) is 16.5. The number of terminal acetylenes is 1. The number of esters is 2. The minimum Gasteiger partial charge on any atom is -0.492 e. The van der Waals surface area contributed by atoms with Crippen molar-refractivity contribution in [2.45, 2.75) is 19.6 Å². The highest BCUT2D eigenvalue weighted by Crippen LogP contribution is 2.27. The normalized spacial score (nSPS) is 16.4. The van der Waals surface area contributed by atoms with Gasteiger partial charge in [0, 0.05) is 13.8 Å². The van der Waals surface area contributed by atoms with Crippen molar-refractivity contribution in [2.75, 3.05) is 7.11 Å². The molecule has 0 spiro atoms. The molecule has 1 saturated heterocycles.